The first-order chi connectivity index (χ1) is 7.65. The molecule has 2 rings (SSSR count). The van der Waals surface area contributed by atoms with Gasteiger partial charge in [0.15, 0.2) is 5.78 Å². The molecule has 0 atom stereocenters. The summed E-state index contributed by atoms with van der Waals surface area (Å²) in [5, 5.41) is 0.179. The topological polar surface area (TPSA) is 43.4 Å². The largest absolute Gasteiger partial charge is 0.465 e. The van der Waals surface area contributed by atoms with Gasteiger partial charge in [0.1, 0.15) is 5.57 Å². The van der Waals surface area contributed by atoms with Gasteiger partial charge in [-0.25, -0.2) is 4.79 Å². The SMILES string of the molecule is COC(=O)C1=C(Cl)c2ccccc2CC1=O. The Morgan fingerprint density at radius 1 is 1.38 bits per heavy atom. The van der Waals surface area contributed by atoms with Crippen molar-refractivity contribution < 1.29 is 14.3 Å². The molecule has 0 heterocycles. The molecule has 0 aliphatic heterocycles. The molecule has 0 bridgehead atoms. The van der Waals surface area contributed by atoms with E-state index in [2.05, 4.69) is 4.74 Å². The van der Waals surface area contributed by atoms with Crippen LogP contribution in [0, 0.1) is 0 Å². The molecule has 0 radical (unpaired) electrons. The molecule has 1 aromatic rings. The van der Waals surface area contributed by atoms with Gasteiger partial charge in [-0.15, -0.1) is 0 Å². The zero-order valence-corrected chi connectivity index (χ0v) is 9.38. The lowest BCUT2D eigenvalue weighted by molar-refractivity contribution is -0.137. The predicted molar refractivity (Wildman–Crippen MR) is 59.9 cm³/mol. The Hall–Kier alpha value is -1.61. The van der Waals surface area contributed by atoms with Crippen LogP contribution in [0.5, 0.6) is 0 Å². The van der Waals surface area contributed by atoms with Crippen LogP contribution in [0.2, 0.25) is 0 Å². The standard InChI is InChI=1S/C12H9ClO3/c1-16-12(15)10-9(14)6-7-4-2-3-5-8(7)11(10)13/h2-5H,6H2,1H3. The van der Waals surface area contributed by atoms with E-state index in [1.807, 2.05) is 18.2 Å². The third-order valence-electron chi connectivity index (χ3n) is 2.49. The molecule has 1 aliphatic carbocycles. The van der Waals surface area contributed by atoms with Crippen molar-refractivity contribution in [3.8, 4) is 0 Å². The second-order valence-electron chi connectivity index (χ2n) is 3.44. The number of ketones is 1. The van der Waals surface area contributed by atoms with Gasteiger partial charge >= 0.3 is 5.97 Å². The van der Waals surface area contributed by atoms with Crippen LogP contribution in [0.3, 0.4) is 0 Å². The molecule has 0 N–H and O–H groups in total. The van der Waals surface area contributed by atoms with E-state index in [0.29, 0.717) is 0 Å². The molecule has 4 heteroatoms. The highest BCUT2D eigenvalue weighted by molar-refractivity contribution is 6.54. The first-order valence-electron chi connectivity index (χ1n) is 4.74. The summed E-state index contributed by atoms with van der Waals surface area (Å²) in [7, 11) is 1.23. The molecular weight excluding hydrogens is 228 g/mol. The lowest BCUT2D eigenvalue weighted by Gasteiger charge is -2.16. The van der Waals surface area contributed by atoms with E-state index in [4.69, 9.17) is 11.6 Å². The Kier molecular flexibility index (Phi) is 2.79. The van der Waals surface area contributed by atoms with Gasteiger partial charge in [-0.05, 0) is 11.1 Å². The van der Waals surface area contributed by atoms with Crippen LogP contribution in [0.25, 0.3) is 5.03 Å². The minimum atomic E-state index is -0.676. The van der Waals surface area contributed by atoms with E-state index in [-0.39, 0.29) is 22.8 Å². The average molecular weight is 237 g/mol. The van der Waals surface area contributed by atoms with E-state index in [9.17, 15) is 9.59 Å². The van der Waals surface area contributed by atoms with Crippen LogP contribution in [-0.2, 0) is 20.7 Å². The average Bonchev–Trinajstić information content (AvgIpc) is 2.28. The van der Waals surface area contributed by atoms with Gasteiger partial charge in [-0.3, -0.25) is 4.79 Å². The molecule has 0 saturated carbocycles. The highest BCUT2D eigenvalue weighted by Crippen LogP contribution is 2.32. The molecular formula is C12H9ClO3. The number of carbonyl (C=O) groups is 2. The summed E-state index contributed by atoms with van der Waals surface area (Å²) in [4.78, 5) is 23.1. The number of esters is 1. The number of benzene rings is 1. The van der Waals surface area contributed by atoms with Crippen LogP contribution >= 0.6 is 11.6 Å². The maximum atomic E-state index is 11.7. The van der Waals surface area contributed by atoms with E-state index in [1.54, 1.807) is 6.07 Å². The third-order valence-corrected chi connectivity index (χ3v) is 2.89. The number of fused-ring (bicyclic) bond motifs is 1. The van der Waals surface area contributed by atoms with Crippen LogP contribution < -0.4 is 0 Å². The molecule has 82 valence electrons. The van der Waals surface area contributed by atoms with Crippen molar-refractivity contribution >= 4 is 28.4 Å². The van der Waals surface area contributed by atoms with Crippen LogP contribution in [0.4, 0.5) is 0 Å². The lowest BCUT2D eigenvalue weighted by Crippen LogP contribution is -2.21. The smallest absolute Gasteiger partial charge is 0.343 e. The molecule has 1 aliphatic rings. The van der Waals surface area contributed by atoms with Crippen molar-refractivity contribution in [2.75, 3.05) is 7.11 Å². The second-order valence-corrected chi connectivity index (χ2v) is 3.82. The molecule has 3 nitrogen and oxygen atoms in total. The Labute approximate surface area is 97.7 Å². The van der Waals surface area contributed by atoms with E-state index >= 15 is 0 Å². The Balaban J connectivity index is 2.61. The van der Waals surface area contributed by atoms with Crippen molar-refractivity contribution in [1.29, 1.82) is 0 Å². The summed E-state index contributed by atoms with van der Waals surface area (Å²) in [6, 6.07) is 7.25. The number of hydrogen-bond donors (Lipinski definition) is 0. The minimum Gasteiger partial charge on any atom is -0.465 e. The van der Waals surface area contributed by atoms with E-state index in [0.717, 1.165) is 11.1 Å². The molecule has 16 heavy (non-hydrogen) atoms. The van der Waals surface area contributed by atoms with Crippen LogP contribution in [0.1, 0.15) is 11.1 Å². The highest BCUT2D eigenvalue weighted by atomic mass is 35.5. The fraction of sp³-hybridized carbons (Fsp3) is 0.167. The van der Waals surface area contributed by atoms with Gasteiger partial charge in [0.25, 0.3) is 0 Å². The quantitative estimate of drug-likeness (QED) is 0.553. The summed E-state index contributed by atoms with van der Waals surface area (Å²) in [6.45, 7) is 0. The molecule has 0 aromatic heterocycles. The Bertz CT molecular complexity index is 503. The molecule has 0 amide bonds. The third kappa shape index (κ3) is 1.63. The van der Waals surface area contributed by atoms with Crippen molar-refractivity contribution in [2.45, 2.75) is 6.42 Å². The number of ether oxygens (including phenoxy) is 1. The summed E-state index contributed by atoms with van der Waals surface area (Å²) in [5.74, 6) is -0.972. The van der Waals surface area contributed by atoms with Crippen molar-refractivity contribution in [3.63, 3.8) is 0 Å². The van der Waals surface area contributed by atoms with Crippen molar-refractivity contribution in [1.82, 2.24) is 0 Å². The summed E-state index contributed by atoms with van der Waals surface area (Å²) in [6.07, 6.45) is 0.191. The molecule has 0 fully saturated rings. The summed E-state index contributed by atoms with van der Waals surface area (Å²) in [5.41, 5.74) is 1.51. The predicted octanol–water partition coefficient (Wildman–Crippen LogP) is 1.93. The van der Waals surface area contributed by atoms with Crippen LogP contribution in [-0.4, -0.2) is 18.9 Å². The first-order valence-corrected chi connectivity index (χ1v) is 5.12. The normalized spacial score (nSPS) is 14.8. The van der Waals surface area contributed by atoms with Gasteiger partial charge < -0.3 is 4.74 Å². The van der Waals surface area contributed by atoms with Crippen molar-refractivity contribution in [3.05, 3.63) is 41.0 Å². The van der Waals surface area contributed by atoms with Gasteiger partial charge in [0.05, 0.1) is 12.1 Å². The number of methoxy groups -OCH3 is 1. The van der Waals surface area contributed by atoms with E-state index in [1.165, 1.54) is 7.11 Å². The summed E-state index contributed by atoms with van der Waals surface area (Å²) < 4.78 is 4.54. The zero-order chi connectivity index (χ0) is 11.7. The Morgan fingerprint density at radius 2 is 2.06 bits per heavy atom. The summed E-state index contributed by atoms with van der Waals surface area (Å²) >= 11 is 6.04. The number of rotatable bonds is 1. The van der Waals surface area contributed by atoms with Gasteiger partial charge in [0, 0.05) is 6.42 Å². The van der Waals surface area contributed by atoms with Gasteiger partial charge in [-0.1, -0.05) is 35.9 Å². The number of halogens is 1. The maximum Gasteiger partial charge on any atom is 0.343 e. The molecule has 0 saturated heterocycles. The van der Waals surface area contributed by atoms with Crippen LogP contribution in [0.15, 0.2) is 29.8 Å². The van der Waals surface area contributed by atoms with Crippen molar-refractivity contribution in [2.24, 2.45) is 0 Å². The number of hydrogen-bond acceptors (Lipinski definition) is 3. The minimum absolute atomic E-state index is 0.0529. The van der Waals surface area contributed by atoms with Gasteiger partial charge in [-0.2, -0.15) is 0 Å². The lowest BCUT2D eigenvalue weighted by atomic mass is 9.91. The fourth-order valence-electron chi connectivity index (χ4n) is 1.71. The molecule has 0 spiro atoms. The monoisotopic (exact) mass is 236 g/mol. The molecule has 0 unspecified atom stereocenters. The second kappa shape index (κ2) is 4.10. The fourth-order valence-corrected chi connectivity index (χ4v) is 2.08. The molecule has 1 aromatic carbocycles. The van der Waals surface area contributed by atoms with E-state index < -0.39 is 5.97 Å². The zero-order valence-electron chi connectivity index (χ0n) is 8.62. The maximum absolute atomic E-state index is 11.7. The Morgan fingerprint density at radius 3 is 2.75 bits per heavy atom. The first kappa shape index (κ1) is 10.9. The highest BCUT2D eigenvalue weighted by Gasteiger charge is 2.29. The van der Waals surface area contributed by atoms with Gasteiger partial charge in [0.2, 0.25) is 0 Å². The number of Topliss-reactive ketones (excluding diaryl/α,β-unsaturated/α-hetero) is 1. The number of carbonyl (C=O) groups excluding carboxylic acids is 2.